The molecular formula is C15H23BrN4O. The van der Waals surface area contributed by atoms with Gasteiger partial charge in [0.15, 0.2) is 0 Å². The van der Waals surface area contributed by atoms with Gasteiger partial charge in [0.05, 0.1) is 10.7 Å². The molecule has 0 spiro atoms. The average molecular weight is 355 g/mol. The molecule has 0 unspecified atom stereocenters. The number of aromatic nitrogens is 2. The molecule has 1 saturated carbocycles. The van der Waals surface area contributed by atoms with Crippen LogP contribution >= 0.6 is 15.9 Å². The summed E-state index contributed by atoms with van der Waals surface area (Å²) in [6, 6.07) is 0. The molecular weight excluding hydrogens is 332 g/mol. The Bertz CT molecular complexity index is 535. The number of halogens is 1. The zero-order chi connectivity index (χ0) is 14.7. The van der Waals surface area contributed by atoms with Crippen molar-refractivity contribution in [1.82, 2.24) is 15.1 Å². The highest BCUT2D eigenvalue weighted by molar-refractivity contribution is 9.10. The van der Waals surface area contributed by atoms with Crippen LogP contribution in [0.1, 0.15) is 32.1 Å². The molecule has 2 N–H and O–H groups in total. The standard InChI is InChI=1S/C15H23BrN4O/c16-13-9-19-20(10-12-2-1-3-12)15(21)14(13)18-8-11-4-6-17-7-5-11/h9,11-12,17-18H,1-8,10H2. The topological polar surface area (TPSA) is 59.0 Å². The molecule has 116 valence electrons. The van der Waals surface area contributed by atoms with Gasteiger partial charge in [-0.1, -0.05) is 6.42 Å². The number of hydrogen-bond donors (Lipinski definition) is 2. The van der Waals surface area contributed by atoms with Crippen LogP contribution in [0.15, 0.2) is 15.5 Å². The van der Waals surface area contributed by atoms with Gasteiger partial charge in [-0.05, 0) is 66.5 Å². The summed E-state index contributed by atoms with van der Waals surface area (Å²) in [5.74, 6) is 1.28. The summed E-state index contributed by atoms with van der Waals surface area (Å²) in [6.07, 6.45) is 7.82. The average Bonchev–Trinajstić information content (AvgIpc) is 2.45. The van der Waals surface area contributed by atoms with E-state index in [4.69, 9.17) is 0 Å². The van der Waals surface area contributed by atoms with Crippen LogP contribution in [-0.2, 0) is 6.54 Å². The number of nitrogens with zero attached hydrogens (tertiary/aromatic N) is 2. The van der Waals surface area contributed by atoms with E-state index in [0.29, 0.717) is 17.5 Å². The Morgan fingerprint density at radius 2 is 2.05 bits per heavy atom. The third-order valence-electron chi connectivity index (χ3n) is 4.68. The van der Waals surface area contributed by atoms with Crippen molar-refractivity contribution in [3.63, 3.8) is 0 Å². The summed E-state index contributed by atoms with van der Waals surface area (Å²) >= 11 is 3.45. The van der Waals surface area contributed by atoms with E-state index in [1.807, 2.05) is 0 Å². The Morgan fingerprint density at radius 3 is 2.71 bits per heavy atom. The SMILES string of the molecule is O=c1c(NCC2CCNCC2)c(Br)cnn1CC1CCC1. The van der Waals surface area contributed by atoms with E-state index in [2.05, 4.69) is 31.7 Å². The molecule has 0 aromatic carbocycles. The molecule has 2 fully saturated rings. The highest BCUT2D eigenvalue weighted by Gasteiger charge is 2.20. The molecule has 2 aliphatic rings. The molecule has 1 aliphatic carbocycles. The fourth-order valence-electron chi connectivity index (χ4n) is 3.01. The number of nitrogens with one attached hydrogen (secondary N) is 2. The molecule has 6 heteroatoms. The molecule has 21 heavy (non-hydrogen) atoms. The van der Waals surface area contributed by atoms with Crippen LogP contribution in [-0.4, -0.2) is 29.4 Å². The van der Waals surface area contributed by atoms with Crippen LogP contribution in [0.4, 0.5) is 5.69 Å². The molecule has 5 nitrogen and oxygen atoms in total. The molecule has 2 heterocycles. The van der Waals surface area contributed by atoms with Gasteiger partial charge in [0.1, 0.15) is 5.69 Å². The van der Waals surface area contributed by atoms with Crippen molar-refractivity contribution < 1.29 is 0 Å². The number of rotatable bonds is 5. The van der Waals surface area contributed by atoms with Gasteiger partial charge in [-0.3, -0.25) is 4.79 Å². The highest BCUT2D eigenvalue weighted by Crippen LogP contribution is 2.27. The smallest absolute Gasteiger partial charge is 0.291 e. The minimum Gasteiger partial charge on any atom is -0.379 e. The summed E-state index contributed by atoms with van der Waals surface area (Å²) in [7, 11) is 0. The lowest BCUT2D eigenvalue weighted by Crippen LogP contribution is -2.34. The van der Waals surface area contributed by atoms with Crippen LogP contribution < -0.4 is 16.2 Å². The minimum absolute atomic E-state index is 0.00482. The summed E-state index contributed by atoms with van der Waals surface area (Å²) in [4.78, 5) is 12.5. The van der Waals surface area contributed by atoms with Gasteiger partial charge in [-0.2, -0.15) is 5.10 Å². The zero-order valence-electron chi connectivity index (χ0n) is 12.3. The normalized spacial score (nSPS) is 20.2. The Kier molecular flexibility index (Phi) is 4.95. The van der Waals surface area contributed by atoms with Crippen LogP contribution in [0.2, 0.25) is 0 Å². The molecule has 1 saturated heterocycles. The maximum Gasteiger partial charge on any atom is 0.291 e. The van der Waals surface area contributed by atoms with Gasteiger partial charge in [0.2, 0.25) is 0 Å². The molecule has 0 atom stereocenters. The number of hydrogen-bond acceptors (Lipinski definition) is 4. The van der Waals surface area contributed by atoms with Crippen LogP contribution in [0.3, 0.4) is 0 Å². The maximum atomic E-state index is 12.5. The van der Waals surface area contributed by atoms with Crippen molar-refractivity contribution >= 4 is 21.6 Å². The van der Waals surface area contributed by atoms with Gasteiger partial charge in [0.25, 0.3) is 5.56 Å². The van der Waals surface area contributed by atoms with Crippen molar-refractivity contribution in [3.8, 4) is 0 Å². The van der Waals surface area contributed by atoms with Crippen molar-refractivity contribution in [3.05, 3.63) is 21.0 Å². The van der Waals surface area contributed by atoms with E-state index >= 15 is 0 Å². The van der Waals surface area contributed by atoms with Crippen LogP contribution in [0, 0.1) is 11.8 Å². The Balaban J connectivity index is 1.67. The second kappa shape index (κ2) is 6.92. The molecule has 0 radical (unpaired) electrons. The second-order valence-corrected chi connectivity index (χ2v) is 7.08. The predicted molar refractivity (Wildman–Crippen MR) is 87.6 cm³/mol. The van der Waals surface area contributed by atoms with Crippen molar-refractivity contribution in [2.75, 3.05) is 25.0 Å². The number of anilines is 1. The third-order valence-corrected chi connectivity index (χ3v) is 5.28. The molecule has 1 aliphatic heterocycles. The summed E-state index contributed by atoms with van der Waals surface area (Å²) < 4.78 is 2.39. The Hall–Kier alpha value is -0.880. The van der Waals surface area contributed by atoms with E-state index in [-0.39, 0.29) is 5.56 Å². The van der Waals surface area contributed by atoms with E-state index in [1.165, 1.54) is 32.1 Å². The van der Waals surface area contributed by atoms with E-state index in [0.717, 1.165) is 30.7 Å². The summed E-state index contributed by atoms with van der Waals surface area (Å²) in [5.41, 5.74) is 0.674. The van der Waals surface area contributed by atoms with Crippen LogP contribution in [0.5, 0.6) is 0 Å². The highest BCUT2D eigenvalue weighted by atomic mass is 79.9. The molecule has 1 aromatic heterocycles. The van der Waals surface area contributed by atoms with Gasteiger partial charge in [-0.15, -0.1) is 0 Å². The minimum atomic E-state index is 0.00482. The van der Waals surface area contributed by atoms with Gasteiger partial charge in [0, 0.05) is 13.1 Å². The van der Waals surface area contributed by atoms with Crippen molar-refractivity contribution in [2.45, 2.75) is 38.6 Å². The summed E-state index contributed by atoms with van der Waals surface area (Å²) in [6.45, 7) is 3.78. The van der Waals surface area contributed by atoms with Gasteiger partial charge >= 0.3 is 0 Å². The summed E-state index contributed by atoms with van der Waals surface area (Å²) in [5, 5.41) is 11.0. The van der Waals surface area contributed by atoms with E-state index in [1.54, 1.807) is 10.9 Å². The van der Waals surface area contributed by atoms with E-state index < -0.39 is 0 Å². The second-order valence-electron chi connectivity index (χ2n) is 6.23. The van der Waals surface area contributed by atoms with E-state index in [9.17, 15) is 4.79 Å². The largest absolute Gasteiger partial charge is 0.379 e. The Labute approximate surface area is 133 Å². The Morgan fingerprint density at radius 1 is 1.29 bits per heavy atom. The fourth-order valence-corrected chi connectivity index (χ4v) is 3.41. The zero-order valence-corrected chi connectivity index (χ0v) is 13.9. The maximum absolute atomic E-state index is 12.5. The third kappa shape index (κ3) is 3.66. The fraction of sp³-hybridized carbons (Fsp3) is 0.733. The molecule has 3 rings (SSSR count). The van der Waals surface area contributed by atoms with Crippen molar-refractivity contribution in [1.29, 1.82) is 0 Å². The molecule has 0 bridgehead atoms. The monoisotopic (exact) mass is 354 g/mol. The van der Waals surface area contributed by atoms with Crippen molar-refractivity contribution in [2.24, 2.45) is 11.8 Å². The first-order valence-electron chi connectivity index (χ1n) is 7.94. The first kappa shape index (κ1) is 15.0. The lowest BCUT2D eigenvalue weighted by atomic mass is 9.85. The first-order valence-corrected chi connectivity index (χ1v) is 8.73. The number of piperidine rings is 1. The molecule has 1 aromatic rings. The molecule has 0 amide bonds. The first-order chi connectivity index (χ1) is 10.2. The lowest BCUT2D eigenvalue weighted by molar-refractivity contribution is 0.262. The predicted octanol–water partition coefficient (Wildman–Crippen LogP) is 2.22. The quantitative estimate of drug-likeness (QED) is 0.850. The van der Waals surface area contributed by atoms with Crippen LogP contribution in [0.25, 0.3) is 0 Å². The van der Waals surface area contributed by atoms with Gasteiger partial charge < -0.3 is 10.6 Å². The van der Waals surface area contributed by atoms with Gasteiger partial charge in [-0.25, -0.2) is 4.68 Å². The lowest BCUT2D eigenvalue weighted by Gasteiger charge is -2.26.